The van der Waals surface area contributed by atoms with Crippen molar-refractivity contribution in [2.45, 2.75) is 12.6 Å². The van der Waals surface area contributed by atoms with Crippen LogP contribution in [0.1, 0.15) is 0 Å². The van der Waals surface area contributed by atoms with E-state index < -0.39 is 6.04 Å². The van der Waals surface area contributed by atoms with Gasteiger partial charge in [-0.1, -0.05) is 24.3 Å². The molecule has 7 heteroatoms. The minimum Gasteiger partial charge on any atom is -0.341 e. The molecule has 2 amide bonds. The summed E-state index contributed by atoms with van der Waals surface area (Å²) in [4.78, 5) is 39.6. The average molecular weight is 415 g/mol. The second kappa shape index (κ2) is 7.36. The van der Waals surface area contributed by atoms with Gasteiger partial charge in [0, 0.05) is 16.5 Å². The highest BCUT2D eigenvalue weighted by molar-refractivity contribution is 6.06. The number of carbonyl (C=O) groups is 2. The van der Waals surface area contributed by atoms with Crippen molar-refractivity contribution in [3.63, 3.8) is 0 Å². The van der Waals surface area contributed by atoms with Crippen LogP contribution in [-0.2, 0) is 16.1 Å². The van der Waals surface area contributed by atoms with Gasteiger partial charge in [0.2, 0.25) is 5.91 Å². The third-order valence-corrected chi connectivity index (χ3v) is 5.58. The summed E-state index contributed by atoms with van der Waals surface area (Å²) in [6, 6.07) is 19.3. The predicted octanol–water partition coefficient (Wildman–Crippen LogP) is 2.83. The summed E-state index contributed by atoms with van der Waals surface area (Å²) < 4.78 is 14.9. The Labute approximate surface area is 176 Å². The van der Waals surface area contributed by atoms with Crippen LogP contribution in [-0.4, -0.2) is 29.0 Å². The largest absolute Gasteiger partial charge is 0.341 e. The molecule has 1 unspecified atom stereocenters. The number of hydrogen-bond donors (Lipinski definition) is 1. The van der Waals surface area contributed by atoms with Gasteiger partial charge in [-0.05, 0) is 48.5 Å². The number of pyridine rings is 1. The van der Waals surface area contributed by atoms with Gasteiger partial charge in [0.05, 0.1) is 17.6 Å². The van der Waals surface area contributed by atoms with E-state index >= 15 is 0 Å². The maximum absolute atomic E-state index is 13.1. The standard InChI is InChI=1S/C24H18FN3O3/c25-15-9-11-16(12-10-15)27-13-19(24(27)31)26-22(29)14-28-20-7-3-1-5-17(20)23(30)18-6-2-4-8-21(18)28/h1-12,19H,13-14H2,(H,26,29). The molecule has 1 aliphatic heterocycles. The van der Waals surface area contributed by atoms with Crippen LogP contribution in [0.2, 0.25) is 0 Å². The highest BCUT2D eigenvalue weighted by Gasteiger charge is 2.38. The first-order valence-electron chi connectivity index (χ1n) is 9.89. The van der Waals surface area contributed by atoms with Crippen molar-refractivity contribution in [2.75, 3.05) is 11.4 Å². The smallest absolute Gasteiger partial charge is 0.251 e. The summed E-state index contributed by atoms with van der Waals surface area (Å²) in [6.07, 6.45) is 0. The SMILES string of the molecule is O=C(Cn1c2ccccc2c(=O)c2ccccc21)NC1CN(c2ccc(F)cc2)C1=O. The van der Waals surface area contributed by atoms with E-state index in [0.717, 1.165) is 0 Å². The summed E-state index contributed by atoms with van der Waals surface area (Å²) in [7, 11) is 0. The Morgan fingerprint density at radius 3 is 2.06 bits per heavy atom. The Hall–Kier alpha value is -4.00. The van der Waals surface area contributed by atoms with Gasteiger partial charge in [-0.15, -0.1) is 0 Å². The summed E-state index contributed by atoms with van der Waals surface area (Å²) >= 11 is 0. The average Bonchev–Trinajstić information content (AvgIpc) is 2.80. The summed E-state index contributed by atoms with van der Waals surface area (Å²) in [5, 5.41) is 3.84. The topological polar surface area (TPSA) is 71.4 Å². The fourth-order valence-electron chi connectivity index (χ4n) is 4.02. The fourth-order valence-corrected chi connectivity index (χ4v) is 4.02. The molecule has 0 spiro atoms. The van der Waals surface area contributed by atoms with Gasteiger partial charge in [-0.2, -0.15) is 0 Å². The predicted molar refractivity (Wildman–Crippen MR) is 116 cm³/mol. The number of aromatic nitrogens is 1. The first kappa shape index (κ1) is 19.0. The number of benzene rings is 3. The summed E-state index contributed by atoms with van der Waals surface area (Å²) in [5.74, 6) is -0.937. The van der Waals surface area contributed by atoms with Crippen molar-refractivity contribution in [3.8, 4) is 0 Å². The van der Waals surface area contributed by atoms with Crippen LogP contribution in [0.5, 0.6) is 0 Å². The van der Waals surface area contributed by atoms with Crippen molar-refractivity contribution in [3.05, 3.63) is 88.8 Å². The molecule has 1 atom stereocenters. The second-order valence-electron chi connectivity index (χ2n) is 7.49. The van der Waals surface area contributed by atoms with Crippen LogP contribution in [0.3, 0.4) is 0 Å². The van der Waals surface area contributed by atoms with E-state index in [1.165, 1.54) is 29.2 Å². The Bertz CT molecular complexity index is 1340. The quantitative estimate of drug-likeness (QED) is 0.412. The van der Waals surface area contributed by atoms with Gasteiger partial charge >= 0.3 is 0 Å². The zero-order valence-electron chi connectivity index (χ0n) is 16.4. The molecule has 0 aliphatic carbocycles. The molecule has 4 aromatic rings. The molecule has 154 valence electrons. The monoisotopic (exact) mass is 415 g/mol. The molecular weight excluding hydrogens is 397 g/mol. The number of halogens is 1. The molecule has 0 radical (unpaired) electrons. The summed E-state index contributed by atoms with van der Waals surface area (Å²) in [6.45, 7) is 0.295. The van der Waals surface area contributed by atoms with Gasteiger partial charge in [-0.3, -0.25) is 14.4 Å². The van der Waals surface area contributed by atoms with Crippen molar-refractivity contribution in [1.82, 2.24) is 9.88 Å². The zero-order chi connectivity index (χ0) is 21.5. The van der Waals surface area contributed by atoms with E-state index in [-0.39, 0.29) is 29.6 Å². The number of nitrogens with one attached hydrogen (secondary N) is 1. The molecule has 0 bridgehead atoms. The first-order valence-corrected chi connectivity index (χ1v) is 9.89. The van der Waals surface area contributed by atoms with Crippen molar-refractivity contribution >= 4 is 39.3 Å². The third-order valence-electron chi connectivity index (χ3n) is 5.58. The lowest BCUT2D eigenvalue weighted by Gasteiger charge is -2.38. The Balaban J connectivity index is 1.39. The van der Waals surface area contributed by atoms with Crippen molar-refractivity contribution in [2.24, 2.45) is 0 Å². The maximum atomic E-state index is 13.1. The van der Waals surface area contributed by atoms with Crippen LogP contribution < -0.4 is 15.6 Å². The maximum Gasteiger partial charge on any atom is 0.251 e. The molecule has 1 fully saturated rings. The highest BCUT2D eigenvalue weighted by atomic mass is 19.1. The number of para-hydroxylation sites is 2. The lowest BCUT2D eigenvalue weighted by atomic mass is 10.1. The molecule has 2 heterocycles. The van der Waals surface area contributed by atoms with Crippen LogP contribution >= 0.6 is 0 Å². The zero-order valence-corrected chi connectivity index (χ0v) is 16.4. The molecule has 1 saturated heterocycles. The van der Waals surface area contributed by atoms with Gasteiger partial charge < -0.3 is 14.8 Å². The van der Waals surface area contributed by atoms with Gasteiger partial charge in [0.1, 0.15) is 18.4 Å². The fraction of sp³-hybridized carbons (Fsp3) is 0.125. The second-order valence-corrected chi connectivity index (χ2v) is 7.49. The molecule has 31 heavy (non-hydrogen) atoms. The van der Waals surface area contributed by atoms with Gasteiger partial charge in [0.25, 0.3) is 5.91 Å². The normalized spacial score (nSPS) is 15.8. The van der Waals surface area contributed by atoms with Crippen LogP contribution in [0.25, 0.3) is 21.8 Å². The number of carbonyl (C=O) groups excluding carboxylic acids is 2. The molecule has 5 rings (SSSR count). The van der Waals surface area contributed by atoms with E-state index in [4.69, 9.17) is 0 Å². The molecule has 0 saturated carbocycles. The van der Waals surface area contributed by atoms with Gasteiger partial charge in [-0.25, -0.2) is 4.39 Å². The number of amides is 2. The van der Waals surface area contributed by atoms with Crippen LogP contribution in [0, 0.1) is 5.82 Å². The highest BCUT2D eigenvalue weighted by Crippen LogP contribution is 2.23. The van der Waals surface area contributed by atoms with E-state index in [0.29, 0.717) is 34.0 Å². The van der Waals surface area contributed by atoms with E-state index in [2.05, 4.69) is 5.32 Å². The Morgan fingerprint density at radius 1 is 0.903 bits per heavy atom. The molecule has 1 aliphatic rings. The number of rotatable bonds is 4. The molecular formula is C24H18FN3O3. The number of β-lactam (4-membered cyclic amide) rings is 1. The molecule has 1 aromatic heterocycles. The van der Waals surface area contributed by atoms with Crippen molar-refractivity contribution in [1.29, 1.82) is 0 Å². The number of anilines is 1. The van der Waals surface area contributed by atoms with Crippen molar-refractivity contribution < 1.29 is 14.0 Å². The Morgan fingerprint density at radius 2 is 1.48 bits per heavy atom. The number of fused-ring (bicyclic) bond motifs is 2. The minimum absolute atomic E-state index is 0.0262. The van der Waals surface area contributed by atoms with Crippen LogP contribution in [0.4, 0.5) is 10.1 Å². The summed E-state index contributed by atoms with van der Waals surface area (Å²) in [5.41, 5.74) is 1.84. The third kappa shape index (κ3) is 3.24. The molecule has 6 nitrogen and oxygen atoms in total. The van der Waals surface area contributed by atoms with E-state index in [1.807, 2.05) is 12.1 Å². The first-order chi connectivity index (χ1) is 15.0. The van der Waals surface area contributed by atoms with Crippen LogP contribution in [0.15, 0.2) is 77.6 Å². The Kier molecular flexibility index (Phi) is 4.51. The van der Waals surface area contributed by atoms with E-state index in [9.17, 15) is 18.8 Å². The molecule has 1 N–H and O–H groups in total. The van der Waals surface area contributed by atoms with E-state index in [1.54, 1.807) is 41.0 Å². The lowest BCUT2D eigenvalue weighted by Crippen LogP contribution is -2.64. The van der Waals surface area contributed by atoms with Gasteiger partial charge in [0.15, 0.2) is 5.43 Å². The molecule has 3 aromatic carbocycles. The minimum atomic E-state index is -0.630. The lowest BCUT2D eigenvalue weighted by molar-refractivity contribution is -0.130. The number of hydrogen-bond acceptors (Lipinski definition) is 3. The number of nitrogens with zero attached hydrogens (tertiary/aromatic N) is 2.